The number of hydrogen-bond donors (Lipinski definition) is 2. The third kappa shape index (κ3) is 4.34. The van der Waals surface area contributed by atoms with Crippen LogP contribution in [0.4, 0.5) is 10.2 Å². The molecule has 1 saturated carbocycles. The minimum atomic E-state index is -3.99. The number of pyridine rings is 1. The molecule has 184 valence electrons. The van der Waals surface area contributed by atoms with Crippen LogP contribution >= 0.6 is 11.6 Å². The van der Waals surface area contributed by atoms with E-state index in [2.05, 4.69) is 20.3 Å². The molecule has 0 aliphatic heterocycles. The molecule has 0 spiro atoms. The van der Waals surface area contributed by atoms with Gasteiger partial charge in [0.2, 0.25) is 10.0 Å². The molecule has 3 aromatic heterocycles. The monoisotopic (exact) mass is 517 g/mol. The summed E-state index contributed by atoms with van der Waals surface area (Å²) in [5.74, 6) is -0.440. The molecule has 3 atom stereocenters. The van der Waals surface area contributed by atoms with Crippen molar-refractivity contribution in [1.29, 1.82) is 0 Å². The molecule has 3 aromatic rings. The van der Waals surface area contributed by atoms with Crippen molar-refractivity contribution in [1.82, 2.24) is 18.9 Å². The number of nitrogens with zero attached hydrogens (tertiary/aromatic N) is 4. The van der Waals surface area contributed by atoms with Crippen molar-refractivity contribution < 1.29 is 17.9 Å². The summed E-state index contributed by atoms with van der Waals surface area (Å²) in [6.45, 7) is 1.61. The molecule has 3 heterocycles. The third-order valence-corrected chi connectivity index (χ3v) is 9.09. The first-order chi connectivity index (χ1) is 16.7. The van der Waals surface area contributed by atoms with Crippen LogP contribution in [0, 0.1) is 5.82 Å². The molecule has 0 bridgehead atoms. The first-order valence-corrected chi connectivity index (χ1v) is 13.2. The Kier molecular flexibility index (Phi) is 6.14. The number of allylic oxidation sites excluding steroid dienone is 3. The molecular formula is C24H25ClFN5O3S. The van der Waals surface area contributed by atoms with Crippen LogP contribution in [0.25, 0.3) is 22.4 Å². The summed E-state index contributed by atoms with van der Waals surface area (Å²) in [5.41, 5.74) is 0.633. The van der Waals surface area contributed by atoms with E-state index in [0.717, 1.165) is 29.4 Å². The Morgan fingerprint density at radius 1 is 1.31 bits per heavy atom. The zero-order chi connectivity index (χ0) is 24.8. The van der Waals surface area contributed by atoms with Gasteiger partial charge in [-0.15, -0.1) is 0 Å². The summed E-state index contributed by atoms with van der Waals surface area (Å²) < 4.78 is 42.0. The van der Waals surface area contributed by atoms with Crippen LogP contribution in [-0.4, -0.2) is 49.3 Å². The van der Waals surface area contributed by atoms with Crippen LogP contribution in [0.1, 0.15) is 39.0 Å². The molecule has 1 fully saturated rings. The minimum Gasteiger partial charge on any atom is -0.393 e. The number of hydrogen-bond acceptors (Lipinski definition) is 7. The van der Waals surface area contributed by atoms with Gasteiger partial charge in [-0.2, -0.15) is 0 Å². The molecule has 8 nitrogen and oxygen atoms in total. The van der Waals surface area contributed by atoms with E-state index in [9.17, 15) is 17.9 Å². The van der Waals surface area contributed by atoms with Crippen molar-refractivity contribution in [2.24, 2.45) is 0 Å². The predicted molar refractivity (Wildman–Crippen MR) is 133 cm³/mol. The molecule has 0 saturated heterocycles. The third-order valence-electron chi connectivity index (χ3n) is 6.60. The Balaban J connectivity index is 1.59. The van der Waals surface area contributed by atoms with Gasteiger partial charge in [0.05, 0.1) is 12.3 Å². The van der Waals surface area contributed by atoms with E-state index in [1.807, 2.05) is 0 Å². The number of aliphatic hydroxyl groups is 1. The predicted octanol–water partition coefficient (Wildman–Crippen LogP) is 4.37. The Bertz CT molecular complexity index is 1450. The van der Waals surface area contributed by atoms with Crippen molar-refractivity contribution in [3.8, 4) is 11.4 Å². The summed E-state index contributed by atoms with van der Waals surface area (Å²) in [4.78, 5) is 12.9. The second kappa shape index (κ2) is 9.00. The second-order valence-corrected chi connectivity index (χ2v) is 11.9. The fraction of sp³-hybridized carbons (Fsp3) is 0.375. The van der Waals surface area contributed by atoms with Gasteiger partial charge in [0.15, 0.2) is 23.1 Å². The van der Waals surface area contributed by atoms with Gasteiger partial charge in [0.1, 0.15) is 4.75 Å². The smallest absolute Gasteiger partial charge is 0.249 e. The second-order valence-electron chi connectivity index (χ2n) is 9.22. The molecule has 0 radical (unpaired) electrons. The maximum Gasteiger partial charge on any atom is 0.249 e. The first kappa shape index (κ1) is 23.9. The molecule has 0 aromatic carbocycles. The van der Waals surface area contributed by atoms with Gasteiger partial charge in [0.25, 0.3) is 0 Å². The van der Waals surface area contributed by atoms with Gasteiger partial charge in [-0.1, -0.05) is 17.7 Å². The van der Waals surface area contributed by atoms with Gasteiger partial charge >= 0.3 is 0 Å². The molecule has 2 aliphatic carbocycles. The Morgan fingerprint density at radius 3 is 2.91 bits per heavy atom. The van der Waals surface area contributed by atoms with Crippen LogP contribution < -0.4 is 5.32 Å². The van der Waals surface area contributed by atoms with Crippen molar-refractivity contribution in [3.05, 3.63) is 59.8 Å². The van der Waals surface area contributed by atoms with Gasteiger partial charge in [-0.05, 0) is 63.3 Å². The lowest BCUT2D eigenvalue weighted by molar-refractivity contribution is 0.124. The Labute approximate surface area is 207 Å². The zero-order valence-electron chi connectivity index (χ0n) is 19.0. The first-order valence-electron chi connectivity index (χ1n) is 11.4. The normalized spacial score (nSPS) is 25.0. The molecular weight excluding hydrogens is 493 g/mol. The van der Waals surface area contributed by atoms with Crippen molar-refractivity contribution >= 4 is 38.5 Å². The van der Waals surface area contributed by atoms with Crippen molar-refractivity contribution in [3.63, 3.8) is 0 Å². The molecule has 0 amide bonds. The standard InChI is InChI=1S/C24H25ClFN5O3S/c1-24(9-3-5-15(25)12-24)35(33,34)31-14-19(18-8-4-10-27-23(18)31)21-28-13-20(26)22(30-21)29-16-6-2-7-17(32)11-16/h3-5,8,10,12-14,16-17,32H,2,6-7,9,11H2,1H3,(H,28,29,30)/t16?,17-,24?/m0/s1. The molecule has 2 aliphatic rings. The number of nitrogens with one attached hydrogen (secondary N) is 1. The van der Waals surface area contributed by atoms with Crippen molar-refractivity contribution in [2.45, 2.75) is 55.9 Å². The number of aliphatic hydroxyl groups excluding tert-OH is 1. The number of aromatic nitrogens is 4. The van der Waals surface area contributed by atoms with Crippen LogP contribution in [0.15, 0.2) is 54.0 Å². The lowest BCUT2D eigenvalue weighted by atomic mass is 9.93. The highest BCUT2D eigenvalue weighted by atomic mass is 35.5. The lowest BCUT2D eigenvalue weighted by Gasteiger charge is -2.27. The number of rotatable bonds is 5. The maximum atomic E-state index is 14.6. The fourth-order valence-corrected chi connectivity index (χ4v) is 6.73. The van der Waals surface area contributed by atoms with E-state index >= 15 is 0 Å². The molecule has 2 N–H and O–H groups in total. The maximum absolute atomic E-state index is 14.6. The molecule has 35 heavy (non-hydrogen) atoms. The van der Waals surface area contributed by atoms with E-state index in [0.29, 0.717) is 22.4 Å². The topological polar surface area (TPSA) is 110 Å². The molecule has 11 heteroatoms. The van der Waals surface area contributed by atoms with E-state index in [1.54, 1.807) is 31.2 Å². The van der Waals surface area contributed by atoms with Crippen molar-refractivity contribution in [2.75, 3.05) is 5.32 Å². The Morgan fingerprint density at radius 2 is 2.14 bits per heavy atom. The number of halogens is 2. The van der Waals surface area contributed by atoms with Gasteiger partial charge in [-0.3, -0.25) is 0 Å². The SMILES string of the molecule is CC1(S(=O)(=O)n2cc(-c3ncc(F)c(NC4CCC[C@H](O)C4)n3)c3cccnc32)C=C(Cl)C=CC1. The minimum absolute atomic E-state index is 0.0147. The van der Waals surface area contributed by atoms with Gasteiger partial charge in [-0.25, -0.2) is 31.7 Å². The summed E-state index contributed by atoms with van der Waals surface area (Å²) in [6.07, 6.45) is 11.6. The van der Waals surface area contributed by atoms with E-state index in [-0.39, 0.29) is 29.8 Å². The van der Waals surface area contributed by atoms with Gasteiger partial charge in [0, 0.05) is 34.4 Å². The van der Waals surface area contributed by atoms with Crippen LogP contribution in [0.2, 0.25) is 0 Å². The van der Waals surface area contributed by atoms with E-state index in [1.165, 1.54) is 18.5 Å². The average molecular weight is 518 g/mol. The summed E-state index contributed by atoms with van der Waals surface area (Å²) in [6, 6.07) is 3.30. The van der Waals surface area contributed by atoms with Gasteiger partial charge < -0.3 is 10.4 Å². The fourth-order valence-electron chi connectivity index (χ4n) is 4.69. The average Bonchev–Trinajstić information content (AvgIpc) is 3.21. The number of anilines is 1. The van der Waals surface area contributed by atoms with Crippen LogP contribution in [0.3, 0.4) is 0 Å². The quantitative estimate of drug-likeness (QED) is 0.517. The highest BCUT2D eigenvalue weighted by Crippen LogP contribution is 2.36. The van der Waals surface area contributed by atoms with Crippen LogP contribution in [-0.2, 0) is 10.0 Å². The lowest BCUT2D eigenvalue weighted by Crippen LogP contribution is -2.38. The van der Waals surface area contributed by atoms with E-state index in [4.69, 9.17) is 11.6 Å². The summed E-state index contributed by atoms with van der Waals surface area (Å²) >= 11 is 6.14. The highest BCUT2D eigenvalue weighted by molar-refractivity contribution is 7.91. The zero-order valence-corrected chi connectivity index (χ0v) is 20.6. The molecule has 5 rings (SSSR count). The van der Waals surface area contributed by atoms with Crippen LogP contribution in [0.5, 0.6) is 0 Å². The highest BCUT2D eigenvalue weighted by Gasteiger charge is 2.40. The number of fused-ring (bicyclic) bond motifs is 1. The molecule has 2 unspecified atom stereocenters. The summed E-state index contributed by atoms with van der Waals surface area (Å²) in [7, 11) is -3.99. The van der Waals surface area contributed by atoms with E-state index < -0.39 is 26.7 Å². The Hall–Kier alpha value is -2.82. The summed E-state index contributed by atoms with van der Waals surface area (Å²) in [5, 5.41) is 13.9. The largest absolute Gasteiger partial charge is 0.393 e.